The third-order valence-corrected chi connectivity index (χ3v) is 6.91. The van der Waals surface area contributed by atoms with E-state index in [-0.39, 0.29) is 5.92 Å². The van der Waals surface area contributed by atoms with Gasteiger partial charge in [-0.15, -0.1) is 0 Å². The number of fused-ring (bicyclic) bond motifs is 1. The van der Waals surface area contributed by atoms with Gasteiger partial charge in [0.05, 0.1) is 21.4 Å². The van der Waals surface area contributed by atoms with Gasteiger partial charge in [0, 0.05) is 17.8 Å². The highest BCUT2D eigenvalue weighted by Gasteiger charge is 2.30. The number of aliphatic carboxylic acids is 1. The highest BCUT2D eigenvalue weighted by Crippen LogP contribution is 2.47. The molecule has 178 valence electrons. The first-order valence-electron chi connectivity index (χ1n) is 11.3. The van der Waals surface area contributed by atoms with Crippen LogP contribution in [-0.4, -0.2) is 16.1 Å². The van der Waals surface area contributed by atoms with Crippen LogP contribution in [0.1, 0.15) is 53.5 Å². The fourth-order valence-electron chi connectivity index (χ4n) is 4.49. The fourth-order valence-corrected chi connectivity index (χ4v) is 4.97. The molecule has 5 rings (SSSR count). The molecule has 8 heteroatoms. The molecule has 0 radical (unpaired) electrons. The average Bonchev–Trinajstić information content (AvgIpc) is 3.17. The van der Waals surface area contributed by atoms with Gasteiger partial charge in [0.2, 0.25) is 0 Å². The number of nitrogens with zero attached hydrogens (tertiary/aromatic N) is 1. The van der Waals surface area contributed by atoms with E-state index in [1.807, 2.05) is 42.5 Å². The van der Waals surface area contributed by atoms with Crippen molar-refractivity contribution in [2.24, 2.45) is 5.92 Å². The topological polar surface area (TPSA) is 74.2 Å². The number of aromatic nitrogens is 1. The monoisotopic (exact) mass is 509 g/mol. The number of hydrogen-bond donors (Lipinski definition) is 3. The summed E-state index contributed by atoms with van der Waals surface area (Å²) < 4.78 is 14.5. The second kappa shape index (κ2) is 9.82. The zero-order valence-electron chi connectivity index (χ0n) is 18.6. The van der Waals surface area contributed by atoms with Crippen LogP contribution < -0.4 is 10.9 Å². The summed E-state index contributed by atoms with van der Waals surface area (Å²) in [5.74, 6) is -0.764. The molecule has 1 aromatic heterocycles. The lowest BCUT2D eigenvalue weighted by Crippen LogP contribution is -2.16. The van der Waals surface area contributed by atoms with Crippen LogP contribution in [0.3, 0.4) is 0 Å². The number of alkyl halides is 1. The van der Waals surface area contributed by atoms with Gasteiger partial charge in [-0.25, -0.2) is 14.6 Å². The van der Waals surface area contributed by atoms with Crippen molar-refractivity contribution in [2.45, 2.75) is 25.6 Å². The molecule has 3 aromatic rings. The zero-order valence-corrected chi connectivity index (χ0v) is 20.1. The van der Waals surface area contributed by atoms with E-state index in [9.17, 15) is 9.18 Å². The Kier molecular flexibility index (Phi) is 6.60. The number of pyridine rings is 1. The van der Waals surface area contributed by atoms with Crippen LogP contribution in [0.2, 0.25) is 10.0 Å². The van der Waals surface area contributed by atoms with Crippen molar-refractivity contribution in [3.05, 3.63) is 98.8 Å². The Morgan fingerprint density at radius 1 is 1.09 bits per heavy atom. The molecule has 0 saturated heterocycles. The number of carboxylic acid groups (broad SMARTS) is 1. The number of rotatable bonds is 6. The Bertz CT molecular complexity index is 1350. The largest absolute Gasteiger partial charge is 0.478 e. The van der Waals surface area contributed by atoms with Crippen molar-refractivity contribution in [3.63, 3.8) is 0 Å². The first-order chi connectivity index (χ1) is 16.9. The number of carbonyl (C=O) groups is 1. The van der Waals surface area contributed by atoms with Gasteiger partial charge in [-0.3, -0.25) is 4.98 Å². The Morgan fingerprint density at radius 2 is 1.83 bits per heavy atom. The molecule has 1 aliphatic carbocycles. The summed E-state index contributed by atoms with van der Waals surface area (Å²) in [5, 5.41) is 9.86. The van der Waals surface area contributed by atoms with E-state index in [1.54, 1.807) is 18.3 Å². The van der Waals surface area contributed by atoms with Gasteiger partial charge in [-0.2, -0.15) is 0 Å². The van der Waals surface area contributed by atoms with Crippen LogP contribution in [0.5, 0.6) is 0 Å². The maximum absolute atomic E-state index is 14.5. The first kappa shape index (κ1) is 23.5. The average molecular weight is 510 g/mol. The number of halogens is 3. The molecular weight excluding hydrogens is 488 g/mol. The third-order valence-electron chi connectivity index (χ3n) is 6.41. The summed E-state index contributed by atoms with van der Waals surface area (Å²) in [7, 11) is 0. The zero-order chi connectivity index (χ0) is 24.5. The molecule has 1 aliphatic heterocycles. The van der Waals surface area contributed by atoms with Crippen LogP contribution in [0.15, 0.2) is 60.8 Å². The van der Waals surface area contributed by atoms with Gasteiger partial charge in [0.25, 0.3) is 0 Å². The molecule has 2 heterocycles. The number of nitrogens with one attached hydrogen (secondary N) is 2. The molecule has 1 fully saturated rings. The molecule has 1 atom stereocenters. The number of hydrogen-bond acceptors (Lipinski definition) is 4. The molecular formula is C27H22Cl2FN3O2. The molecule has 5 nitrogen and oxygen atoms in total. The van der Waals surface area contributed by atoms with Gasteiger partial charge >= 0.3 is 5.97 Å². The van der Waals surface area contributed by atoms with Crippen molar-refractivity contribution in [1.29, 1.82) is 0 Å². The summed E-state index contributed by atoms with van der Waals surface area (Å²) in [6.45, 7) is 0. The van der Waals surface area contributed by atoms with Crippen molar-refractivity contribution in [1.82, 2.24) is 10.4 Å². The number of hydrazine groups is 1. The Hall–Kier alpha value is -3.19. The first-order valence-corrected chi connectivity index (χ1v) is 12.0. The molecule has 1 saturated carbocycles. The summed E-state index contributed by atoms with van der Waals surface area (Å²) in [4.78, 5) is 15.5. The van der Waals surface area contributed by atoms with E-state index >= 15 is 0 Å². The Balaban J connectivity index is 1.73. The summed E-state index contributed by atoms with van der Waals surface area (Å²) in [6, 6.07) is 15.0. The highest BCUT2D eigenvalue weighted by molar-refractivity contribution is 6.35. The quantitative estimate of drug-likeness (QED) is 0.243. The summed E-state index contributed by atoms with van der Waals surface area (Å²) in [6.07, 6.45) is 6.02. The smallest absolute Gasteiger partial charge is 0.328 e. The van der Waals surface area contributed by atoms with Gasteiger partial charge in [-0.05, 0) is 70.9 Å². The Morgan fingerprint density at radius 3 is 2.49 bits per heavy atom. The second-order valence-corrected chi connectivity index (χ2v) is 9.47. The van der Waals surface area contributed by atoms with Crippen molar-refractivity contribution in [2.75, 3.05) is 5.43 Å². The number of carboxylic acids is 1. The van der Waals surface area contributed by atoms with Crippen LogP contribution in [-0.2, 0) is 4.79 Å². The van der Waals surface area contributed by atoms with E-state index in [0.717, 1.165) is 53.2 Å². The predicted molar refractivity (Wildman–Crippen MR) is 138 cm³/mol. The summed E-state index contributed by atoms with van der Waals surface area (Å²) >= 11 is 12.8. The molecule has 35 heavy (non-hydrogen) atoms. The highest BCUT2D eigenvalue weighted by atomic mass is 35.5. The maximum Gasteiger partial charge on any atom is 0.328 e. The standard InChI is InChI=1S/C27H22Cl2FN3O2/c28-19-13-21(29)26(31-14-19)25(16-2-1-3-16)24(17-7-4-15(5-8-17)6-11-23(34)35)18-9-10-22-20(12-18)27(30)33-32-22/h4-14,16,27,32-33H,1-3H2,(H,34,35)/b11-6+,25-24+. The number of allylic oxidation sites excluding steroid dienone is 1. The van der Waals surface area contributed by atoms with E-state index in [1.165, 1.54) is 0 Å². The lowest BCUT2D eigenvalue weighted by Gasteiger charge is -2.31. The number of anilines is 1. The normalized spacial score (nSPS) is 18.1. The van der Waals surface area contributed by atoms with Gasteiger partial charge in [0.1, 0.15) is 0 Å². The van der Waals surface area contributed by atoms with Gasteiger partial charge in [-0.1, -0.05) is 60.0 Å². The molecule has 0 bridgehead atoms. The molecule has 1 unspecified atom stereocenters. The SMILES string of the molecule is O=C(O)/C=C/c1ccc(/C(=C(\c2ncc(Cl)cc2Cl)C2CCC2)c2ccc3c(c2)C(F)NN3)cc1. The van der Waals surface area contributed by atoms with Crippen LogP contribution in [0, 0.1) is 5.92 Å². The van der Waals surface area contributed by atoms with Crippen LogP contribution in [0.25, 0.3) is 17.2 Å². The van der Waals surface area contributed by atoms with Crippen molar-refractivity contribution < 1.29 is 14.3 Å². The van der Waals surface area contributed by atoms with Crippen LogP contribution in [0.4, 0.5) is 10.1 Å². The van der Waals surface area contributed by atoms with Crippen molar-refractivity contribution >= 4 is 52.1 Å². The maximum atomic E-state index is 14.5. The van der Waals surface area contributed by atoms with Crippen LogP contribution >= 0.6 is 23.2 Å². The summed E-state index contributed by atoms with van der Waals surface area (Å²) in [5.41, 5.74) is 11.8. The van der Waals surface area contributed by atoms with E-state index in [0.29, 0.717) is 27.0 Å². The molecule has 2 aliphatic rings. The molecule has 0 amide bonds. The number of benzene rings is 2. The third kappa shape index (κ3) is 4.82. The molecule has 0 spiro atoms. The minimum absolute atomic E-state index is 0.244. The predicted octanol–water partition coefficient (Wildman–Crippen LogP) is 7.14. The minimum Gasteiger partial charge on any atom is -0.478 e. The fraction of sp³-hybridized carbons (Fsp3) is 0.185. The Labute approximate surface area is 212 Å². The van der Waals surface area contributed by atoms with E-state index < -0.39 is 12.3 Å². The lowest BCUT2D eigenvalue weighted by atomic mass is 9.74. The van der Waals surface area contributed by atoms with Crippen molar-refractivity contribution in [3.8, 4) is 0 Å². The van der Waals surface area contributed by atoms with Gasteiger partial charge in [0.15, 0.2) is 6.30 Å². The van der Waals surface area contributed by atoms with Gasteiger partial charge < -0.3 is 10.5 Å². The van der Waals surface area contributed by atoms with E-state index in [2.05, 4.69) is 15.8 Å². The van der Waals surface area contributed by atoms with E-state index in [4.69, 9.17) is 28.3 Å². The lowest BCUT2D eigenvalue weighted by molar-refractivity contribution is -0.131. The molecule has 2 aromatic carbocycles. The minimum atomic E-state index is -1.32. The second-order valence-electron chi connectivity index (χ2n) is 8.63. The molecule has 3 N–H and O–H groups in total.